The van der Waals surface area contributed by atoms with Gasteiger partial charge in [-0.1, -0.05) is 25.0 Å². The van der Waals surface area contributed by atoms with E-state index in [1.165, 1.54) is 19.3 Å². The van der Waals surface area contributed by atoms with E-state index >= 15 is 0 Å². The predicted octanol–water partition coefficient (Wildman–Crippen LogP) is 2.61. The van der Waals surface area contributed by atoms with E-state index < -0.39 is 5.97 Å². The zero-order chi connectivity index (χ0) is 14.1. The van der Waals surface area contributed by atoms with Crippen LogP contribution in [0.4, 0.5) is 0 Å². The lowest BCUT2D eigenvalue weighted by atomic mass is 9.84. The number of fused-ring (bicyclic) bond motifs is 1. The van der Waals surface area contributed by atoms with E-state index in [0.29, 0.717) is 18.5 Å². The summed E-state index contributed by atoms with van der Waals surface area (Å²) in [6.45, 7) is 0.665. The van der Waals surface area contributed by atoms with Gasteiger partial charge in [-0.3, -0.25) is 9.69 Å². The highest BCUT2D eigenvalue weighted by Gasteiger charge is 2.44. The summed E-state index contributed by atoms with van der Waals surface area (Å²) in [6.07, 6.45) is 5.52. The molecule has 3 rings (SSSR count). The Morgan fingerprint density at radius 3 is 2.60 bits per heavy atom. The number of phenolic OH excluding ortho intramolecular Hbond substituents is 1. The van der Waals surface area contributed by atoms with Crippen molar-refractivity contribution in [2.75, 3.05) is 0 Å². The highest BCUT2D eigenvalue weighted by atomic mass is 16.4. The number of nitrogens with zero attached hydrogens (tertiary/aromatic N) is 1. The number of rotatable bonds is 3. The smallest absolute Gasteiger partial charge is 0.320 e. The molecule has 108 valence electrons. The van der Waals surface area contributed by atoms with Gasteiger partial charge in [0.25, 0.3) is 0 Å². The maximum atomic E-state index is 11.5. The minimum Gasteiger partial charge on any atom is -0.508 e. The first kappa shape index (κ1) is 13.4. The molecule has 1 aromatic carbocycles. The zero-order valence-electron chi connectivity index (χ0n) is 11.5. The molecule has 2 N–H and O–H groups in total. The van der Waals surface area contributed by atoms with Crippen LogP contribution in [0.3, 0.4) is 0 Å². The molecule has 1 aliphatic heterocycles. The fraction of sp³-hybridized carbons (Fsp3) is 0.562. The Morgan fingerprint density at radius 2 is 1.90 bits per heavy atom. The molecule has 0 radical (unpaired) electrons. The fourth-order valence-electron chi connectivity index (χ4n) is 3.84. The van der Waals surface area contributed by atoms with Crippen LogP contribution >= 0.6 is 0 Å². The quantitative estimate of drug-likeness (QED) is 0.890. The number of carbonyl (C=O) groups is 1. The van der Waals surface area contributed by atoms with E-state index in [-0.39, 0.29) is 11.8 Å². The Labute approximate surface area is 119 Å². The fourth-order valence-corrected chi connectivity index (χ4v) is 3.84. The molecule has 1 aromatic rings. The monoisotopic (exact) mass is 275 g/mol. The summed E-state index contributed by atoms with van der Waals surface area (Å²) in [7, 11) is 0. The molecule has 1 saturated carbocycles. The molecule has 4 nitrogen and oxygen atoms in total. The van der Waals surface area contributed by atoms with Crippen molar-refractivity contribution in [3.63, 3.8) is 0 Å². The summed E-state index contributed by atoms with van der Waals surface area (Å²) in [5.74, 6) is 0.0978. The number of aliphatic carboxylic acids is 1. The maximum absolute atomic E-state index is 11.5. The lowest BCUT2D eigenvalue weighted by Crippen LogP contribution is -2.41. The second kappa shape index (κ2) is 5.44. The summed E-state index contributed by atoms with van der Waals surface area (Å²) < 4.78 is 0. The van der Waals surface area contributed by atoms with Crippen molar-refractivity contribution in [2.45, 2.75) is 50.7 Å². The third-order valence-corrected chi connectivity index (χ3v) is 4.81. The van der Waals surface area contributed by atoms with Crippen LogP contribution in [-0.2, 0) is 11.3 Å². The third kappa shape index (κ3) is 2.52. The number of carboxylic acids is 1. The average Bonchev–Trinajstić information content (AvgIpc) is 2.81. The molecule has 0 spiro atoms. The molecule has 0 amide bonds. The predicted molar refractivity (Wildman–Crippen MR) is 75.4 cm³/mol. The summed E-state index contributed by atoms with van der Waals surface area (Å²) >= 11 is 0. The number of likely N-dealkylation sites (tertiary alicyclic amines) is 1. The Bertz CT molecular complexity index is 485. The van der Waals surface area contributed by atoms with Crippen molar-refractivity contribution in [3.8, 4) is 5.75 Å². The van der Waals surface area contributed by atoms with Crippen molar-refractivity contribution >= 4 is 5.97 Å². The van der Waals surface area contributed by atoms with Gasteiger partial charge in [-0.2, -0.15) is 0 Å². The van der Waals surface area contributed by atoms with Crippen LogP contribution in [0.2, 0.25) is 0 Å². The number of aromatic hydroxyl groups is 1. The molecular formula is C16H21NO3. The lowest BCUT2D eigenvalue weighted by Gasteiger charge is -2.33. The molecule has 20 heavy (non-hydrogen) atoms. The molecular weight excluding hydrogens is 254 g/mol. The first-order chi connectivity index (χ1) is 9.65. The van der Waals surface area contributed by atoms with Crippen molar-refractivity contribution in [1.82, 2.24) is 4.90 Å². The Morgan fingerprint density at radius 1 is 1.20 bits per heavy atom. The van der Waals surface area contributed by atoms with E-state index in [1.54, 1.807) is 12.1 Å². The molecule has 1 aliphatic carbocycles. The van der Waals surface area contributed by atoms with Gasteiger partial charge in [-0.15, -0.1) is 0 Å². The molecule has 3 atom stereocenters. The number of hydrogen-bond donors (Lipinski definition) is 2. The summed E-state index contributed by atoms with van der Waals surface area (Å²) in [5.41, 5.74) is 1.07. The summed E-state index contributed by atoms with van der Waals surface area (Å²) in [6, 6.07) is 7.16. The molecule has 3 unspecified atom stereocenters. The van der Waals surface area contributed by atoms with Crippen molar-refractivity contribution in [2.24, 2.45) is 5.92 Å². The summed E-state index contributed by atoms with van der Waals surface area (Å²) in [4.78, 5) is 13.7. The lowest BCUT2D eigenvalue weighted by molar-refractivity contribution is -0.142. The average molecular weight is 275 g/mol. The number of phenols is 1. The van der Waals surface area contributed by atoms with Gasteiger partial charge in [-0.25, -0.2) is 0 Å². The molecule has 1 heterocycles. The number of carboxylic acid groups (broad SMARTS) is 1. The largest absolute Gasteiger partial charge is 0.508 e. The standard InChI is InChI=1S/C16H21NO3/c18-13-7-5-11(6-8-13)10-17-14-4-2-1-3-12(14)9-15(17)16(19)20/h5-8,12,14-15,18H,1-4,9-10H2,(H,19,20). The van der Waals surface area contributed by atoms with E-state index in [4.69, 9.17) is 0 Å². The van der Waals surface area contributed by atoms with Crippen LogP contribution in [-0.4, -0.2) is 33.2 Å². The minimum absolute atomic E-state index is 0.250. The Hall–Kier alpha value is -1.55. The second-order valence-electron chi connectivity index (χ2n) is 6.04. The highest BCUT2D eigenvalue weighted by Crippen LogP contribution is 2.40. The van der Waals surface area contributed by atoms with Crippen LogP contribution in [0.15, 0.2) is 24.3 Å². The zero-order valence-corrected chi connectivity index (χ0v) is 11.5. The van der Waals surface area contributed by atoms with E-state index in [9.17, 15) is 15.0 Å². The van der Waals surface area contributed by atoms with E-state index in [0.717, 1.165) is 18.4 Å². The van der Waals surface area contributed by atoms with Gasteiger partial charge in [0, 0.05) is 12.6 Å². The first-order valence-corrected chi connectivity index (χ1v) is 7.41. The minimum atomic E-state index is -0.696. The second-order valence-corrected chi connectivity index (χ2v) is 6.04. The molecule has 2 aliphatic rings. The topological polar surface area (TPSA) is 60.8 Å². The molecule has 0 aromatic heterocycles. The van der Waals surface area contributed by atoms with Gasteiger partial charge in [0.2, 0.25) is 0 Å². The van der Waals surface area contributed by atoms with Gasteiger partial charge in [-0.05, 0) is 42.9 Å². The normalized spacial score (nSPS) is 30.1. The van der Waals surface area contributed by atoms with Crippen LogP contribution in [0, 0.1) is 5.92 Å². The highest BCUT2D eigenvalue weighted by molar-refractivity contribution is 5.74. The van der Waals surface area contributed by atoms with Gasteiger partial charge in [0.15, 0.2) is 0 Å². The van der Waals surface area contributed by atoms with Crippen molar-refractivity contribution in [3.05, 3.63) is 29.8 Å². The van der Waals surface area contributed by atoms with Gasteiger partial charge < -0.3 is 10.2 Å². The van der Waals surface area contributed by atoms with Crippen molar-refractivity contribution in [1.29, 1.82) is 0 Å². The molecule has 1 saturated heterocycles. The molecule has 0 bridgehead atoms. The summed E-state index contributed by atoms with van der Waals surface area (Å²) in [5, 5.41) is 18.8. The SMILES string of the molecule is O=C(O)C1CC2CCCCC2N1Cc1ccc(O)cc1. The molecule has 2 fully saturated rings. The first-order valence-electron chi connectivity index (χ1n) is 7.41. The van der Waals surface area contributed by atoms with Crippen LogP contribution in [0.1, 0.15) is 37.7 Å². The maximum Gasteiger partial charge on any atom is 0.320 e. The third-order valence-electron chi connectivity index (χ3n) is 4.81. The van der Waals surface area contributed by atoms with Crippen LogP contribution in [0.5, 0.6) is 5.75 Å². The Kier molecular flexibility index (Phi) is 3.66. The number of benzene rings is 1. The van der Waals surface area contributed by atoms with Gasteiger partial charge >= 0.3 is 5.97 Å². The number of hydrogen-bond acceptors (Lipinski definition) is 3. The van der Waals surface area contributed by atoms with Crippen molar-refractivity contribution < 1.29 is 15.0 Å². The van der Waals surface area contributed by atoms with Gasteiger partial charge in [0.05, 0.1) is 0 Å². The van der Waals surface area contributed by atoms with Crippen LogP contribution in [0.25, 0.3) is 0 Å². The van der Waals surface area contributed by atoms with E-state index in [1.807, 2.05) is 12.1 Å². The Balaban J connectivity index is 1.80. The van der Waals surface area contributed by atoms with Crippen LogP contribution < -0.4 is 0 Å². The molecule has 4 heteroatoms. The van der Waals surface area contributed by atoms with Gasteiger partial charge in [0.1, 0.15) is 11.8 Å². The van der Waals surface area contributed by atoms with E-state index in [2.05, 4.69) is 4.90 Å².